The van der Waals surface area contributed by atoms with Crippen molar-refractivity contribution in [3.05, 3.63) is 45.7 Å². The van der Waals surface area contributed by atoms with Crippen LogP contribution in [0.15, 0.2) is 23.0 Å². The summed E-state index contributed by atoms with van der Waals surface area (Å²) >= 11 is 1.35. The number of hydrogen-bond acceptors (Lipinski definition) is 4. The molecule has 0 aromatic carbocycles. The van der Waals surface area contributed by atoms with Gasteiger partial charge in [0, 0.05) is 11.3 Å². The summed E-state index contributed by atoms with van der Waals surface area (Å²) in [6.45, 7) is 8.99. The number of rotatable bonds is 4. The van der Waals surface area contributed by atoms with Crippen molar-refractivity contribution in [2.75, 3.05) is 0 Å². The summed E-state index contributed by atoms with van der Waals surface area (Å²) in [5.74, 6) is -1.44. The number of thiophene rings is 1. The molecule has 1 aliphatic rings. The molecule has 0 bridgehead atoms. The Bertz CT molecular complexity index is 1110. The lowest BCUT2D eigenvalue weighted by Gasteiger charge is -2.20. The van der Waals surface area contributed by atoms with E-state index in [9.17, 15) is 18.0 Å². The molecule has 1 N–H and O–H groups in total. The van der Waals surface area contributed by atoms with Gasteiger partial charge in [-0.1, -0.05) is 0 Å². The van der Waals surface area contributed by atoms with Gasteiger partial charge in [-0.25, -0.2) is 14.3 Å². The van der Waals surface area contributed by atoms with Gasteiger partial charge in [0.05, 0.1) is 18.5 Å². The Kier molecular flexibility index (Phi) is 4.34. The Labute approximate surface area is 161 Å². The van der Waals surface area contributed by atoms with E-state index in [1.165, 1.54) is 22.0 Å². The molecule has 0 saturated heterocycles. The molecule has 3 aromatic heterocycles. The second kappa shape index (κ2) is 6.60. The Morgan fingerprint density at radius 1 is 1.43 bits per heavy atom. The van der Waals surface area contributed by atoms with Crippen LogP contribution in [-0.4, -0.2) is 32.7 Å². The molecule has 1 fully saturated rings. The van der Waals surface area contributed by atoms with E-state index in [2.05, 4.69) is 20.2 Å². The normalized spacial score (nSPS) is 15.4. The molecule has 0 spiro atoms. The van der Waals surface area contributed by atoms with Gasteiger partial charge in [0.25, 0.3) is 5.91 Å². The molecular formula is C18H14F3N5OS. The predicted molar refractivity (Wildman–Crippen MR) is 97.3 cm³/mol. The molecule has 1 amide bonds. The van der Waals surface area contributed by atoms with Gasteiger partial charge in [0.2, 0.25) is 5.69 Å². The number of aromatic nitrogens is 3. The molecule has 6 nitrogen and oxygen atoms in total. The number of nitrogens with zero attached hydrogens (tertiary/aromatic N) is 4. The zero-order valence-electron chi connectivity index (χ0n) is 14.6. The van der Waals surface area contributed by atoms with E-state index < -0.39 is 24.0 Å². The molecule has 0 radical (unpaired) electrons. The number of carbonyl (C=O) groups is 1. The van der Waals surface area contributed by atoms with Crippen molar-refractivity contribution < 1.29 is 18.0 Å². The van der Waals surface area contributed by atoms with E-state index in [1.54, 1.807) is 23.8 Å². The van der Waals surface area contributed by atoms with Crippen molar-refractivity contribution in [1.29, 1.82) is 0 Å². The van der Waals surface area contributed by atoms with Crippen LogP contribution in [0.25, 0.3) is 21.7 Å². The minimum absolute atomic E-state index is 0.0283. The van der Waals surface area contributed by atoms with Gasteiger partial charge in [0.1, 0.15) is 11.6 Å². The molecule has 144 valence electrons. The third-order valence-corrected chi connectivity index (χ3v) is 5.40. The number of alkyl halides is 3. The predicted octanol–water partition coefficient (Wildman–Crippen LogP) is 4.39. The minimum Gasteiger partial charge on any atom is -0.340 e. The highest BCUT2D eigenvalue weighted by Crippen LogP contribution is 2.40. The number of aryl methyl sites for hydroxylation is 1. The molecule has 1 unspecified atom stereocenters. The molecule has 0 aliphatic heterocycles. The molecule has 28 heavy (non-hydrogen) atoms. The van der Waals surface area contributed by atoms with Crippen molar-refractivity contribution in [2.45, 2.75) is 32.0 Å². The van der Waals surface area contributed by atoms with Crippen molar-refractivity contribution in [3.63, 3.8) is 0 Å². The number of carbonyl (C=O) groups excluding carboxylic acids is 1. The first-order valence-corrected chi connectivity index (χ1v) is 9.41. The third kappa shape index (κ3) is 3.22. The summed E-state index contributed by atoms with van der Waals surface area (Å²) in [7, 11) is 0. The highest BCUT2D eigenvalue weighted by atomic mass is 32.1. The smallest absolute Gasteiger partial charge is 0.340 e. The first-order chi connectivity index (χ1) is 13.3. The largest absolute Gasteiger partial charge is 0.408 e. The monoisotopic (exact) mass is 405 g/mol. The van der Waals surface area contributed by atoms with Crippen LogP contribution in [0.3, 0.4) is 0 Å². The van der Waals surface area contributed by atoms with Crippen LogP contribution in [0, 0.1) is 19.4 Å². The van der Waals surface area contributed by atoms with Crippen LogP contribution in [0.4, 0.5) is 18.9 Å². The van der Waals surface area contributed by atoms with E-state index >= 15 is 0 Å². The van der Waals surface area contributed by atoms with Crippen LogP contribution in [-0.2, 0) is 0 Å². The number of amides is 1. The Balaban J connectivity index is 1.74. The maximum absolute atomic E-state index is 13.2. The Hall–Kier alpha value is -2.93. The molecule has 3 aromatic rings. The Morgan fingerprint density at radius 2 is 2.18 bits per heavy atom. The summed E-state index contributed by atoms with van der Waals surface area (Å²) in [4.78, 5) is 20.5. The topological polar surface area (TPSA) is 63.7 Å². The Morgan fingerprint density at radius 3 is 2.82 bits per heavy atom. The fraction of sp³-hybridized carbons (Fsp3) is 0.333. The van der Waals surface area contributed by atoms with Crippen LogP contribution < -0.4 is 5.32 Å². The summed E-state index contributed by atoms with van der Waals surface area (Å²) in [5.41, 5.74) is 2.30. The molecule has 3 heterocycles. The number of fused-ring (bicyclic) bond motifs is 1. The highest BCUT2D eigenvalue weighted by molar-refractivity contribution is 7.08. The standard InChI is InChI=1S/C18H14F3N5OS/c1-9-5-13(12-7-28-8-14(12)22-2)24-16-11(6-23-26(9)16)17(27)25-15(10-3-4-10)18(19,20)21/h5-8,10,15H,3-4H2,1H3,(H,25,27). The van der Waals surface area contributed by atoms with Crippen LogP contribution in [0.2, 0.25) is 0 Å². The van der Waals surface area contributed by atoms with Gasteiger partial charge in [-0.05, 0) is 42.5 Å². The second-order valence-corrected chi connectivity index (χ2v) is 7.43. The van der Waals surface area contributed by atoms with Gasteiger partial charge in [-0.2, -0.15) is 29.6 Å². The zero-order chi connectivity index (χ0) is 20.1. The molecule has 10 heteroatoms. The molecule has 1 saturated carbocycles. The van der Waals surface area contributed by atoms with Crippen molar-refractivity contribution in [1.82, 2.24) is 19.9 Å². The molecule has 4 rings (SSSR count). The maximum atomic E-state index is 13.2. The molecular weight excluding hydrogens is 391 g/mol. The first-order valence-electron chi connectivity index (χ1n) is 8.46. The van der Waals surface area contributed by atoms with E-state index in [0.717, 1.165) is 0 Å². The molecule has 1 aliphatic carbocycles. The van der Waals surface area contributed by atoms with E-state index in [4.69, 9.17) is 6.57 Å². The average Bonchev–Trinajstić information content (AvgIpc) is 3.18. The third-order valence-electron chi connectivity index (χ3n) is 4.67. The second-order valence-electron chi connectivity index (χ2n) is 6.69. The van der Waals surface area contributed by atoms with E-state index in [-0.39, 0.29) is 11.2 Å². The van der Waals surface area contributed by atoms with Crippen molar-refractivity contribution >= 4 is 28.6 Å². The lowest BCUT2D eigenvalue weighted by atomic mass is 10.1. The summed E-state index contributed by atoms with van der Waals surface area (Å²) < 4.78 is 41.1. The average molecular weight is 405 g/mol. The van der Waals surface area contributed by atoms with Gasteiger partial charge in [0.15, 0.2) is 5.65 Å². The summed E-state index contributed by atoms with van der Waals surface area (Å²) in [5, 5.41) is 9.66. The maximum Gasteiger partial charge on any atom is 0.408 e. The fourth-order valence-corrected chi connectivity index (χ4v) is 3.85. The van der Waals surface area contributed by atoms with Crippen LogP contribution in [0.5, 0.6) is 0 Å². The lowest BCUT2D eigenvalue weighted by molar-refractivity contribution is -0.158. The van der Waals surface area contributed by atoms with Crippen molar-refractivity contribution in [3.8, 4) is 11.3 Å². The summed E-state index contributed by atoms with van der Waals surface area (Å²) in [6, 6.07) is -0.147. The van der Waals surface area contributed by atoms with Gasteiger partial charge in [-0.15, -0.1) is 0 Å². The quantitative estimate of drug-likeness (QED) is 0.655. The number of nitrogens with one attached hydrogen (secondary N) is 1. The minimum atomic E-state index is -4.50. The van der Waals surface area contributed by atoms with E-state index in [0.29, 0.717) is 35.5 Å². The first kappa shape index (κ1) is 18.4. The summed E-state index contributed by atoms with van der Waals surface area (Å²) in [6.07, 6.45) is -2.40. The van der Waals surface area contributed by atoms with Crippen LogP contribution in [0.1, 0.15) is 28.9 Å². The van der Waals surface area contributed by atoms with Crippen LogP contribution >= 0.6 is 11.3 Å². The van der Waals surface area contributed by atoms with E-state index in [1.807, 2.05) is 0 Å². The van der Waals surface area contributed by atoms with Crippen molar-refractivity contribution in [2.24, 2.45) is 5.92 Å². The SMILES string of the molecule is [C-]#[N+]c1cscc1-c1cc(C)n2ncc(C(=O)NC(C3CC3)C(F)(F)F)c2n1. The van der Waals surface area contributed by atoms with Gasteiger partial charge < -0.3 is 5.32 Å². The number of halogens is 3. The zero-order valence-corrected chi connectivity index (χ0v) is 15.4. The van der Waals surface area contributed by atoms with Gasteiger partial charge >= 0.3 is 6.18 Å². The molecule has 1 atom stereocenters. The lowest BCUT2D eigenvalue weighted by Crippen LogP contribution is -2.46. The van der Waals surface area contributed by atoms with Gasteiger partial charge in [-0.3, -0.25) is 4.79 Å². The number of hydrogen-bond donors (Lipinski definition) is 1. The fourth-order valence-electron chi connectivity index (χ4n) is 3.10. The highest BCUT2D eigenvalue weighted by Gasteiger charge is 2.49.